The van der Waals surface area contributed by atoms with Gasteiger partial charge in [-0.15, -0.1) is 0 Å². The summed E-state index contributed by atoms with van der Waals surface area (Å²) in [5.74, 6) is 0.562. The van der Waals surface area contributed by atoms with E-state index in [0.29, 0.717) is 45.9 Å². The number of hydrazone groups is 1. The molecule has 0 aliphatic rings. The number of rotatable bonds is 13. The lowest BCUT2D eigenvalue weighted by Gasteiger charge is -2.22. The first kappa shape index (κ1) is 29.4. The number of amides is 1. The lowest BCUT2D eigenvalue weighted by molar-refractivity contribution is -0.121. The van der Waals surface area contributed by atoms with E-state index in [2.05, 4.69) is 10.5 Å². The lowest BCUT2D eigenvalue weighted by Crippen LogP contribution is -2.39. The summed E-state index contributed by atoms with van der Waals surface area (Å²) in [6.45, 7) is 4.31. The predicted molar refractivity (Wildman–Crippen MR) is 150 cm³/mol. The first-order valence-corrected chi connectivity index (χ1v) is 14.1. The molecular formula is C27H29Cl2N3O5S. The van der Waals surface area contributed by atoms with Crippen molar-refractivity contribution >= 4 is 45.3 Å². The van der Waals surface area contributed by atoms with E-state index in [1.54, 1.807) is 42.5 Å². The maximum absolute atomic E-state index is 13.4. The summed E-state index contributed by atoms with van der Waals surface area (Å²) in [4.78, 5) is 12.8. The molecule has 11 heteroatoms. The Bertz CT molecular complexity index is 1370. The van der Waals surface area contributed by atoms with Crippen LogP contribution in [0.1, 0.15) is 31.4 Å². The Hall–Kier alpha value is -3.11. The molecule has 38 heavy (non-hydrogen) atoms. The molecule has 0 aromatic heterocycles. The Balaban J connectivity index is 1.76. The van der Waals surface area contributed by atoms with Crippen molar-refractivity contribution in [2.24, 2.45) is 5.10 Å². The summed E-state index contributed by atoms with van der Waals surface area (Å²) in [6, 6.07) is 17.9. The first-order chi connectivity index (χ1) is 18.2. The molecule has 8 nitrogen and oxygen atoms in total. The van der Waals surface area contributed by atoms with Gasteiger partial charge in [-0.05, 0) is 73.0 Å². The number of hydrogen-bond donors (Lipinski definition) is 1. The summed E-state index contributed by atoms with van der Waals surface area (Å²) >= 11 is 12.2. The monoisotopic (exact) mass is 577 g/mol. The van der Waals surface area contributed by atoms with Crippen molar-refractivity contribution in [2.45, 2.75) is 31.7 Å². The fourth-order valence-corrected chi connectivity index (χ4v) is 5.07. The van der Waals surface area contributed by atoms with Crippen LogP contribution in [0.4, 0.5) is 0 Å². The molecule has 0 unspecified atom stereocenters. The first-order valence-electron chi connectivity index (χ1n) is 11.9. The molecule has 0 aliphatic heterocycles. The maximum atomic E-state index is 13.4. The van der Waals surface area contributed by atoms with Gasteiger partial charge < -0.3 is 9.47 Å². The second kappa shape index (κ2) is 14.2. The molecule has 1 N–H and O–H groups in total. The molecule has 0 fully saturated rings. The number of benzene rings is 3. The zero-order valence-electron chi connectivity index (χ0n) is 21.1. The second-order valence-corrected chi connectivity index (χ2v) is 10.9. The molecule has 1 amide bonds. The van der Waals surface area contributed by atoms with Crippen molar-refractivity contribution in [2.75, 3.05) is 19.8 Å². The Morgan fingerprint density at radius 3 is 2.42 bits per heavy atom. The smallest absolute Gasteiger partial charge is 0.255 e. The van der Waals surface area contributed by atoms with Crippen LogP contribution in [0.3, 0.4) is 0 Å². The molecular weight excluding hydrogens is 549 g/mol. The Labute approximate surface area is 233 Å². The van der Waals surface area contributed by atoms with E-state index < -0.39 is 22.5 Å². The van der Waals surface area contributed by atoms with Crippen molar-refractivity contribution < 1.29 is 22.7 Å². The van der Waals surface area contributed by atoms with Crippen molar-refractivity contribution in [1.82, 2.24) is 9.73 Å². The van der Waals surface area contributed by atoms with Gasteiger partial charge in [-0.25, -0.2) is 13.8 Å². The van der Waals surface area contributed by atoms with E-state index >= 15 is 0 Å². The Morgan fingerprint density at radius 1 is 1.00 bits per heavy atom. The van der Waals surface area contributed by atoms with Crippen LogP contribution in [0.5, 0.6) is 11.5 Å². The van der Waals surface area contributed by atoms with Crippen LogP contribution in [-0.4, -0.2) is 44.6 Å². The van der Waals surface area contributed by atoms with Crippen LogP contribution >= 0.6 is 23.2 Å². The summed E-state index contributed by atoms with van der Waals surface area (Å²) in [7, 11) is -4.06. The van der Waals surface area contributed by atoms with Crippen molar-refractivity contribution in [1.29, 1.82) is 0 Å². The van der Waals surface area contributed by atoms with E-state index in [1.807, 2.05) is 13.8 Å². The molecule has 0 bridgehead atoms. The minimum atomic E-state index is -4.06. The van der Waals surface area contributed by atoms with E-state index in [1.165, 1.54) is 30.5 Å². The molecule has 202 valence electrons. The van der Waals surface area contributed by atoms with Gasteiger partial charge in [0.15, 0.2) is 11.5 Å². The van der Waals surface area contributed by atoms with Crippen LogP contribution in [0.2, 0.25) is 10.0 Å². The normalized spacial score (nSPS) is 11.6. The van der Waals surface area contributed by atoms with Gasteiger partial charge in [0, 0.05) is 16.6 Å². The van der Waals surface area contributed by atoms with Crippen LogP contribution in [0.15, 0.2) is 76.7 Å². The van der Waals surface area contributed by atoms with Gasteiger partial charge in [-0.1, -0.05) is 48.3 Å². The number of nitrogens with one attached hydrogen (secondary N) is 1. The van der Waals surface area contributed by atoms with Gasteiger partial charge >= 0.3 is 0 Å². The van der Waals surface area contributed by atoms with Crippen LogP contribution < -0.4 is 14.9 Å². The molecule has 0 spiro atoms. The predicted octanol–water partition coefficient (Wildman–Crippen LogP) is 5.52. The lowest BCUT2D eigenvalue weighted by atomic mass is 10.2. The molecule has 0 aliphatic carbocycles. The number of halogens is 2. The molecule has 0 radical (unpaired) electrons. The highest BCUT2D eigenvalue weighted by Crippen LogP contribution is 2.28. The highest BCUT2D eigenvalue weighted by atomic mass is 35.5. The minimum absolute atomic E-state index is 0.000842. The zero-order valence-corrected chi connectivity index (χ0v) is 23.4. The summed E-state index contributed by atoms with van der Waals surface area (Å²) in [5, 5.41) is 4.77. The Kier molecular flexibility index (Phi) is 11.0. The molecule has 0 atom stereocenters. The number of sulfonamides is 1. The highest BCUT2D eigenvalue weighted by molar-refractivity contribution is 7.89. The summed E-state index contributed by atoms with van der Waals surface area (Å²) < 4.78 is 39.2. The molecule has 3 rings (SSSR count). The zero-order chi connectivity index (χ0) is 27.5. The number of ether oxygens (including phenoxy) is 2. The fourth-order valence-electron chi connectivity index (χ4n) is 3.38. The second-order valence-electron chi connectivity index (χ2n) is 8.10. The average molecular weight is 579 g/mol. The number of hydrogen-bond acceptors (Lipinski definition) is 6. The number of carbonyl (C=O) groups excluding carboxylic acids is 1. The average Bonchev–Trinajstić information content (AvgIpc) is 2.89. The molecule has 0 heterocycles. The van der Waals surface area contributed by atoms with E-state index in [4.69, 9.17) is 32.7 Å². The van der Waals surface area contributed by atoms with Crippen molar-refractivity contribution in [3.8, 4) is 11.5 Å². The number of nitrogens with zero attached hydrogens (tertiary/aromatic N) is 2. The van der Waals surface area contributed by atoms with Crippen LogP contribution in [-0.2, 0) is 21.4 Å². The van der Waals surface area contributed by atoms with Crippen LogP contribution in [0.25, 0.3) is 0 Å². The Morgan fingerprint density at radius 2 is 1.74 bits per heavy atom. The van der Waals surface area contributed by atoms with Gasteiger partial charge in [0.2, 0.25) is 10.0 Å². The van der Waals surface area contributed by atoms with Gasteiger partial charge in [-0.2, -0.15) is 9.41 Å². The minimum Gasteiger partial charge on any atom is -0.490 e. The largest absolute Gasteiger partial charge is 0.490 e. The molecule has 0 saturated heterocycles. The highest BCUT2D eigenvalue weighted by Gasteiger charge is 2.27. The third-order valence-electron chi connectivity index (χ3n) is 5.21. The van der Waals surface area contributed by atoms with E-state index in [9.17, 15) is 13.2 Å². The standard InChI is InChI=1S/C27H29Cl2N3O5S/c1-3-15-37-25-14-9-20(16-26(25)36-4-2)17-30-31-27(33)19-32(18-21-7-5-6-8-24(21)29)38(34,35)23-12-10-22(28)11-13-23/h5-14,16-17H,3-4,15,18-19H2,1-2H3,(H,31,33)/b30-17-. The summed E-state index contributed by atoms with van der Waals surface area (Å²) in [6.07, 6.45) is 2.30. The summed E-state index contributed by atoms with van der Waals surface area (Å²) in [5.41, 5.74) is 3.61. The van der Waals surface area contributed by atoms with Crippen molar-refractivity contribution in [3.63, 3.8) is 0 Å². The van der Waals surface area contributed by atoms with E-state index in [0.717, 1.165) is 10.7 Å². The number of carbonyl (C=O) groups is 1. The maximum Gasteiger partial charge on any atom is 0.255 e. The molecule has 3 aromatic carbocycles. The topological polar surface area (TPSA) is 97.3 Å². The van der Waals surface area contributed by atoms with Crippen molar-refractivity contribution in [3.05, 3.63) is 87.9 Å². The SMILES string of the molecule is CCCOc1ccc(/C=N\NC(=O)CN(Cc2ccccc2Cl)S(=O)(=O)c2ccc(Cl)cc2)cc1OCC. The third kappa shape index (κ3) is 8.19. The van der Waals surface area contributed by atoms with E-state index in [-0.39, 0.29) is 11.4 Å². The van der Waals surface area contributed by atoms with Gasteiger partial charge in [0.05, 0.1) is 30.9 Å². The molecule has 0 saturated carbocycles. The molecule has 3 aromatic rings. The third-order valence-corrected chi connectivity index (χ3v) is 7.63. The quantitative estimate of drug-likeness (QED) is 0.213. The van der Waals surface area contributed by atoms with Gasteiger partial charge in [-0.3, -0.25) is 4.79 Å². The van der Waals surface area contributed by atoms with Gasteiger partial charge in [0.25, 0.3) is 5.91 Å². The fraction of sp³-hybridized carbons (Fsp3) is 0.259. The van der Waals surface area contributed by atoms with Crippen LogP contribution in [0, 0.1) is 0 Å². The van der Waals surface area contributed by atoms with Gasteiger partial charge in [0.1, 0.15) is 0 Å².